The van der Waals surface area contributed by atoms with E-state index in [1.807, 2.05) is 0 Å². The second-order valence-electron chi connectivity index (χ2n) is 6.32. The number of rotatable bonds is 5. The van der Waals surface area contributed by atoms with Gasteiger partial charge in [-0.25, -0.2) is 4.68 Å². The Hall–Kier alpha value is -3.43. The summed E-state index contributed by atoms with van der Waals surface area (Å²) in [6, 6.07) is 8.74. The number of carbonyl (C=O) groups excluding carboxylic acids is 1. The topological polar surface area (TPSA) is 86.1 Å². The van der Waals surface area contributed by atoms with E-state index < -0.39 is 29.2 Å². The molecule has 0 fully saturated rings. The number of hydrogen-bond acceptors (Lipinski definition) is 5. The van der Waals surface area contributed by atoms with E-state index in [1.165, 1.54) is 19.2 Å². The van der Waals surface area contributed by atoms with Crippen molar-refractivity contribution in [3.8, 4) is 5.75 Å². The first-order valence-corrected chi connectivity index (χ1v) is 8.57. The van der Waals surface area contributed by atoms with Gasteiger partial charge in [0.15, 0.2) is 0 Å². The van der Waals surface area contributed by atoms with Gasteiger partial charge >= 0.3 is 6.18 Å². The van der Waals surface area contributed by atoms with Crippen molar-refractivity contribution in [2.24, 2.45) is 0 Å². The monoisotopic (exact) mass is 406 g/mol. The Balaban J connectivity index is 1.74. The number of halogens is 3. The number of methoxy groups -OCH3 is 1. The van der Waals surface area contributed by atoms with Crippen LogP contribution in [0.2, 0.25) is 0 Å². The average molecular weight is 406 g/mol. The normalized spacial score (nSPS) is 12.6. The van der Waals surface area contributed by atoms with Crippen LogP contribution in [0.5, 0.6) is 5.75 Å². The van der Waals surface area contributed by atoms with Crippen LogP contribution in [0.15, 0.2) is 47.3 Å². The summed E-state index contributed by atoms with van der Waals surface area (Å²) < 4.78 is 44.0. The Labute approximate surface area is 163 Å². The molecule has 0 radical (unpaired) electrons. The summed E-state index contributed by atoms with van der Waals surface area (Å²) in [5, 5.41) is 10.6. The predicted octanol–water partition coefficient (Wildman–Crippen LogP) is 2.70. The minimum absolute atomic E-state index is 0.253. The summed E-state index contributed by atoms with van der Waals surface area (Å²) in [5.74, 6) is -0.143. The number of ether oxygens (including phenoxy) is 1. The summed E-state index contributed by atoms with van der Waals surface area (Å²) >= 11 is 0. The zero-order chi connectivity index (χ0) is 21.2. The first-order chi connectivity index (χ1) is 13.7. The minimum Gasteiger partial charge on any atom is -0.494 e. The second kappa shape index (κ2) is 7.90. The third kappa shape index (κ3) is 4.36. The van der Waals surface area contributed by atoms with Gasteiger partial charge in [0.25, 0.3) is 5.56 Å². The van der Waals surface area contributed by atoms with E-state index in [9.17, 15) is 22.8 Å². The van der Waals surface area contributed by atoms with Crippen molar-refractivity contribution in [1.29, 1.82) is 0 Å². The second-order valence-corrected chi connectivity index (χ2v) is 6.32. The van der Waals surface area contributed by atoms with Gasteiger partial charge in [0.1, 0.15) is 17.8 Å². The number of nitrogens with zero attached hydrogens (tertiary/aromatic N) is 3. The molecule has 0 spiro atoms. The molecule has 10 heteroatoms. The fourth-order valence-electron chi connectivity index (χ4n) is 2.81. The predicted molar refractivity (Wildman–Crippen MR) is 98.4 cm³/mol. The molecule has 0 unspecified atom stereocenters. The van der Waals surface area contributed by atoms with Gasteiger partial charge < -0.3 is 10.1 Å². The molecule has 2 aromatic carbocycles. The summed E-state index contributed by atoms with van der Waals surface area (Å²) in [7, 11) is 1.44. The highest BCUT2D eigenvalue weighted by atomic mass is 19.4. The first kappa shape index (κ1) is 20.3. The highest BCUT2D eigenvalue weighted by molar-refractivity contribution is 5.83. The molecule has 7 nitrogen and oxygen atoms in total. The van der Waals surface area contributed by atoms with Crippen LogP contribution in [0.25, 0.3) is 10.9 Å². The molecule has 1 N–H and O–H groups in total. The zero-order valence-electron chi connectivity index (χ0n) is 15.5. The largest absolute Gasteiger partial charge is 0.494 e. The number of benzene rings is 2. The Morgan fingerprint density at radius 3 is 2.52 bits per heavy atom. The molecular formula is C19H17F3N4O3. The molecule has 1 aromatic heterocycles. The Morgan fingerprint density at radius 1 is 1.21 bits per heavy atom. The standard InChI is InChI=1S/C19H17F3N4O3/c1-11(12-6-8-13(9-7-12)19(20,21)22)23-16(27)10-26-18(28)14-4-3-5-15(29-2)17(14)24-25-26/h3-9,11H,10H2,1-2H3,(H,23,27)/t11-/m0/s1. The number of alkyl halides is 3. The van der Waals surface area contributed by atoms with Crippen LogP contribution in [-0.4, -0.2) is 28.0 Å². The molecule has 1 amide bonds. The van der Waals surface area contributed by atoms with Gasteiger partial charge in [-0.3, -0.25) is 9.59 Å². The van der Waals surface area contributed by atoms with Gasteiger partial charge in [-0.15, -0.1) is 5.10 Å². The molecular weight excluding hydrogens is 389 g/mol. The van der Waals surface area contributed by atoms with E-state index in [1.54, 1.807) is 25.1 Å². The van der Waals surface area contributed by atoms with Crippen LogP contribution in [0.3, 0.4) is 0 Å². The minimum atomic E-state index is -4.43. The van der Waals surface area contributed by atoms with E-state index in [0.717, 1.165) is 16.8 Å². The van der Waals surface area contributed by atoms with E-state index in [4.69, 9.17) is 4.74 Å². The molecule has 0 saturated carbocycles. The number of carbonyl (C=O) groups is 1. The van der Waals surface area contributed by atoms with Crippen molar-refractivity contribution in [2.75, 3.05) is 7.11 Å². The first-order valence-electron chi connectivity index (χ1n) is 8.57. The molecule has 0 aliphatic carbocycles. The number of amides is 1. The zero-order valence-corrected chi connectivity index (χ0v) is 15.5. The molecule has 0 aliphatic heterocycles. The third-order valence-corrected chi connectivity index (χ3v) is 4.35. The summed E-state index contributed by atoms with van der Waals surface area (Å²) in [6.45, 7) is 1.24. The lowest BCUT2D eigenvalue weighted by Crippen LogP contribution is -2.35. The maximum Gasteiger partial charge on any atom is 0.416 e. The number of nitrogens with one attached hydrogen (secondary N) is 1. The Kier molecular flexibility index (Phi) is 5.53. The lowest BCUT2D eigenvalue weighted by molar-refractivity contribution is -0.137. The maximum atomic E-state index is 12.6. The highest BCUT2D eigenvalue weighted by Crippen LogP contribution is 2.29. The van der Waals surface area contributed by atoms with Crippen LogP contribution in [0.4, 0.5) is 13.2 Å². The van der Waals surface area contributed by atoms with Crippen LogP contribution in [-0.2, 0) is 17.5 Å². The quantitative estimate of drug-likeness (QED) is 0.704. The molecule has 0 aliphatic rings. The Bertz CT molecular complexity index is 1090. The lowest BCUT2D eigenvalue weighted by Gasteiger charge is -2.15. The van der Waals surface area contributed by atoms with Crippen molar-refractivity contribution < 1.29 is 22.7 Å². The average Bonchev–Trinajstić information content (AvgIpc) is 2.69. The van der Waals surface area contributed by atoms with Crippen LogP contribution in [0, 0.1) is 0 Å². The molecule has 152 valence electrons. The van der Waals surface area contributed by atoms with Crippen molar-refractivity contribution in [1.82, 2.24) is 20.3 Å². The molecule has 1 heterocycles. The van der Waals surface area contributed by atoms with Crippen LogP contribution < -0.4 is 15.6 Å². The molecule has 29 heavy (non-hydrogen) atoms. The van der Waals surface area contributed by atoms with Crippen LogP contribution >= 0.6 is 0 Å². The van der Waals surface area contributed by atoms with Gasteiger partial charge in [0, 0.05) is 0 Å². The van der Waals surface area contributed by atoms with E-state index in [0.29, 0.717) is 11.3 Å². The van der Waals surface area contributed by atoms with Gasteiger partial charge in [-0.1, -0.05) is 23.4 Å². The molecule has 3 aromatic rings. The highest BCUT2D eigenvalue weighted by Gasteiger charge is 2.30. The van der Waals surface area contributed by atoms with Crippen molar-refractivity contribution in [3.63, 3.8) is 0 Å². The summed E-state index contributed by atoms with van der Waals surface area (Å²) in [6.07, 6.45) is -4.43. The number of fused-ring (bicyclic) bond motifs is 1. The summed E-state index contributed by atoms with van der Waals surface area (Å²) in [5.41, 5.74) is -0.498. The fourth-order valence-corrected chi connectivity index (χ4v) is 2.81. The van der Waals surface area contributed by atoms with E-state index >= 15 is 0 Å². The number of hydrogen-bond donors (Lipinski definition) is 1. The number of aromatic nitrogens is 3. The fraction of sp³-hybridized carbons (Fsp3) is 0.263. The van der Waals surface area contributed by atoms with Gasteiger partial charge in [-0.05, 0) is 36.8 Å². The van der Waals surface area contributed by atoms with Crippen LogP contribution in [0.1, 0.15) is 24.1 Å². The molecule has 0 saturated heterocycles. The summed E-state index contributed by atoms with van der Waals surface area (Å²) in [4.78, 5) is 24.8. The van der Waals surface area contributed by atoms with Crippen molar-refractivity contribution >= 4 is 16.8 Å². The van der Waals surface area contributed by atoms with Gasteiger partial charge in [0.2, 0.25) is 5.91 Å². The SMILES string of the molecule is COc1cccc2c(=O)n(CC(=O)N[C@@H](C)c3ccc(C(F)(F)F)cc3)nnc12. The molecule has 3 rings (SSSR count). The lowest BCUT2D eigenvalue weighted by atomic mass is 10.1. The maximum absolute atomic E-state index is 12.6. The van der Waals surface area contributed by atoms with E-state index in [-0.39, 0.29) is 17.4 Å². The van der Waals surface area contributed by atoms with Crippen molar-refractivity contribution in [2.45, 2.75) is 25.7 Å². The molecule has 0 bridgehead atoms. The molecule has 1 atom stereocenters. The van der Waals surface area contributed by atoms with Gasteiger partial charge in [-0.2, -0.15) is 13.2 Å². The van der Waals surface area contributed by atoms with E-state index in [2.05, 4.69) is 15.6 Å². The van der Waals surface area contributed by atoms with Crippen molar-refractivity contribution in [3.05, 3.63) is 63.9 Å². The Morgan fingerprint density at radius 2 is 1.90 bits per heavy atom. The third-order valence-electron chi connectivity index (χ3n) is 4.35. The smallest absolute Gasteiger partial charge is 0.416 e. The van der Waals surface area contributed by atoms with Gasteiger partial charge in [0.05, 0.1) is 24.1 Å².